The van der Waals surface area contributed by atoms with Crippen molar-refractivity contribution in [3.8, 4) is 6.01 Å². The number of ether oxygens (including phenoxy) is 2. The minimum atomic E-state index is -0.738. The van der Waals surface area contributed by atoms with Crippen molar-refractivity contribution in [1.82, 2.24) is 19.8 Å². The second-order valence-corrected chi connectivity index (χ2v) is 13.4. The van der Waals surface area contributed by atoms with Gasteiger partial charge in [0.15, 0.2) is 5.82 Å². The van der Waals surface area contributed by atoms with E-state index >= 15 is 4.39 Å². The molecule has 42 heavy (non-hydrogen) atoms. The van der Waals surface area contributed by atoms with Gasteiger partial charge >= 0.3 is 6.01 Å². The van der Waals surface area contributed by atoms with E-state index in [0.29, 0.717) is 30.9 Å². The molecule has 222 valence electrons. The number of rotatable bonds is 8. The Balaban J connectivity index is 1.17. The molecule has 0 spiro atoms. The van der Waals surface area contributed by atoms with Crippen molar-refractivity contribution in [2.24, 2.45) is 5.41 Å². The number of fused-ring (bicyclic) bond motifs is 3. The Morgan fingerprint density at radius 1 is 1.05 bits per heavy atom. The third-order valence-electron chi connectivity index (χ3n) is 9.42. The predicted molar refractivity (Wildman–Crippen MR) is 162 cm³/mol. The van der Waals surface area contributed by atoms with Crippen molar-refractivity contribution in [3.05, 3.63) is 70.2 Å². The summed E-state index contributed by atoms with van der Waals surface area (Å²) in [5.41, 5.74) is 1.17. The fraction of sp³-hybridized carbons (Fsp3) is 0.500. The predicted octanol–water partition coefficient (Wildman–Crippen LogP) is 5.53. The van der Waals surface area contributed by atoms with Crippen molar-refractivity contribution in [3.63, 3.8) is 0 Å². The van der Waals surface area contributed by atoms with Gasteiger partial charge in [0.2, 0.25) is 0 Å². The van der Waals surface area contributed by atoms with E-state index in [4.69, 9.17) is 14.5 Å². The lowest BCUT2D eigenvalue weighted by Gasteiger charge is -2.50. The van der Waals surface area contributed by atoms with Crippen LogP contribution in [0.5, 0.6) is 6.01 Å². The molecular weight excluding hydrogens is 604 g/mol. The van der Waals surface area contributed by atoms with Gasteiger partial charge in [-0.3, -0.25) is 9.80 Å². The summed E-state index contributed by atoms with van der Waals surface area (Å²) < 4.78 is 41.8. The number of anilines is 1. The van der Waals surface area contributed by atoms with Crippen LogP contribution >= 0.6 is 15.9 Å². The van der Waals surface area contributed by atoms with Gasteiger partial charge in [-0.25, -0.2) is 8.78 Å². The molecule has 2 unspecified atom stereocenters. The van der Waals surface area contributed by atoms with Gasteiger partial charge in [-0.15, -0.1) is 0 Å². The lowest BCUT2D eigenvalue weighted by Crippen LogP contribution is -2.60. The van der Waals surface area contributed by atoms with E-state index in [2.05, 4.69) is 85.9 Å². The van der Waals surface area contributed by atoms with Crippen LogP contribution in [0, 0.1) is 17.0 Å². The summed E-state index contributed by atoms with van der Waals surface area (Å²) in [7, 11) is 0. The van der Waals surface area contributed by atoms with Crippen LogP contribution in [0.25, 0.3) is 10.9 Å². The molecule has 3 aromatic rings. The third-order valence-corrected chi connectivity index (χ3v) is 10.2. The smallest absolute Gasteiger partial charge is 0.319 e. The number of hydrogen-bond donors (Lipinski definition) is 0. The Kier molecular flexibility index (Phi) is 7.24. The number of benzene rings is 2. The summed E-state index contributed by atoms with van der Waals surface area (Å²) in [5.74, 6) is -0.905. The Labute approximate surface area is 253 Å². The largest absolute Gasteiger partial charge is 0.463 e. The van der Waals surface area contributed by atoms with Crippen molar-refractivity contribution in [2.75, 3.05) is 57.4 Å². The standard InChI is InChI=1S/C32H36BrF2N5O2/c1-31(2,21-6-4-3-5-7-21)40-22-8-9-23(40)18-39(17-22)29-24-16-25(34)26(33)27(35)28(24)36-30(37-29)42-20-32(10-11-32)19-38-12-14-41-15-13-38/h3-9,16,22-23H,10-15,17-20H2,1-2H3. The van der Waals surface area contributed by atoms with Gasteiger partial charge in [-0.05, 0) is 54.2 Å². The fourth-order valence-corrected chi connectivity index (χ4v) is 7.23. The van der Waals surface area contributed by atoms with Crippen LogP contribution in [-0.2, 0) is 10.3 Å². The van der Waals surface area contributed by atoms with Gasteiger partial charge < -0.3 is 14.4 Å². The van der Waals surface area contributed by atoms with Crippen LogP contribution in [0.2, 0.25) is 0 Å². The number of morpholine rings is 1. The molecule has 2 aromatic carbocycles. The molecular formula is C32H36BrF2N5O2. The maximum Gasteiger partial charge on any atom is 0.319 e. The van der Waals surface area contributed by atoms with Gasteiger partial charge in [-0.1, -0.05) is 42.5 Å². The highest BCUT2D eigenvalue weighted by Crippen LogP contribution is 2.47. The number of hydrogen-bond acceptors (Lipinski definition) is 7. The topological polar surface area (TPSA) is 54.0 Å². The second-order valence-electron chi connectivity index (χ2n) is 12.6. The first kappa shape index (κ1) is 28.1. The monoisotopic (exact) mass is 639 g/mol. The molecule has 0 radical (unpaired) electrons. The van der Waals surface area contributed by atoms with Crippen LogP contribution in [0.1, 0.15) is 32.3 Å². The molecule has 10 heteroatoms. The van der Waals surface area contributed by atoms with Crippen LogP contribution < -0.4 is 9.64 Å². The molecule has 4 heterocycles. The molecule has 0 amide bonds. The molecule has 7 rings (SSSR count). The molecule has 2 saturated heterocycles. The van der Waals surface area contributed by atoms with Gasteiger partial charge in [0.25, 0.3) is 0 Å². The first-order valence-electron chi connectivity index (χ1n) is 14.8. The minimum absolute atomic E-state index is 0.0510. The lowest BCUT2D eigenvalue weighted by molar-refractivity contribution is 0.0231. The number of piperazine rings is 1. The number of halogens is 3. The summed E-state index contributed by atoms with van der Waals surface area (Å²) in [5, 5.41) is 0.352. The second kappa shape index (κ2) is 10.8. The normalized spacial score (nSPS) is 24.0. The molecule has 2 bridgehead atoms. The molecule has 3 aliphatic heterocycles. The first-order chi connectivity index (χ1) is 20.2. The zero-order valence-electron chi connectivity index (χ0n) is 24.0. The van der Waals surface area contributed by atoms with Crippen molar-refractivity contribution in [2.45, 2.75) is 44.3 Å². The maximum atomic E-state index is 15.5. The van der Waals surface area contributed by atoms with Crippen LogP contribution in [0.4, 0.5) is 14.6 Å². The number of aromatic nitrogens is 2. The lowest BCUT2D eigenvalue weighted by atomic mass is 9.89. The molecule has 0 N–H and O–H groups in total. The number of nitrogens with zero attached hydrogens (tertiary/aromatic N) is 5. The van der Waals surface area contributed by atoms with E-state index in [0.717, 1.165) is 45.7 Å². The quantitative estimate of drug-likeness (QED) is 0.237. The summed E-state index contributed by atoms with van der Waals surface area (Å²) in [4.78, 5) is 16.4. The first-order valence-corrected chi connectivity index (χ1v) is 15.6. The van der Waals surface area contributed by atoms with Crippen LogP contribution in [-0.4, -0.2) is 84.4 Å². The van der Waals surface area contributed by atoms with Gasteiger partial charge in [-0.2, -0.15) is 9.97 Å². The van der Waals surface area contributed by atoms with E-state index in [-0.39, 0.29) is 39.0 Å². The van der Waals surface area contributed by atoms with Gasteiger partial charge in [0, 0.05) is 61.1 Å². The molecule has 7 nitrogen and oxygen atoms in total. The third kappa shape index (κ3) is 5.10. The highest BCUT2D eigenvalue weighted by atomic mass is 79.9. The molecule has 1 aromatic heterocycles. The van der Waals surface area contributed by atoms with Crippen molar-refractivity contribution in [1.29, 1.82) is 0 Å². The fourth-order valence-electron chi connectivity index (χ4n) is 6.93. The summed E-state index contributed by atoms with van der Waals surface area (Å²) in [6.45, 7) is 10.5. The van der Waals surface area contributed by atoms with E-state index in [1.165, 1.54) is 11.6 Å². The molecule has 4 aliphatic rings. The Morgan fingerprint density at radius 3 is 2.40 bits per heavy atom. The molecule has 1 saturated carbocycles. The molecule has 1 aliphatic carbocycles. The van der Waals surface area contributed by atoms with Gasteiger partial charge in [0.05, 0.1) is 24.3 Å². The average molecular weight is 641 g/mol. The summed E-state index contributed by atoms with van der Waals surface area (Å²) >= 11 is 3.07. The average Bonchev–Trinajstić information content (AvgIpc) is 3.71. The highest BCUT2D eigenvalue weighted by molar-refractivity contribution is 9.10. The van der Waals surface area contributed by atoms with Crippen LogP contribution in [0.15, 0.2) is 53.0 Å². The SMILES string of the molecule is CC(C)(c1ccccc1)N1C2C=CC1CN(c1nc(OCC3(CN4CCOCC4)CC3)nc3c(F)c(Br)c(F)cc13)C2. The Hall–Kier alpha value is -2.66. The summed E-state index contributed by atoms with van der Waals surface area (Å²) in [6, 6.07) is 12.2. The highest BCUT2D eigenvalue weighted by Gasteiger charge is 2.46. The molecule has 3 fully saturated rings. The van der Waals surface area contributed by atoms with Crippen molar-refractivity contribution >= 4 is 32.7 Å². The zero-order chi connectivity index (χ0) is 29.1. The zero-order valence-corrected chi connectivity index (χ0v) is 25.6. The van der Waals surface area contributed by atoms with E-state index in [1.807, 2.05) is 6.07 Å². The van der Waals surface area contributed by atoms with Crippen LogP contribution in [0.3, 0.4) is 0 Å². The van der Waals surface area contributed by atoms with Gasteiger partial charge in [0.1, 0.15) is 17.2 Å². The van der Waals surface area contributed by atoms with E-state index in [1.54, 1.807) is 0 Å². The Bertz CT molecular complexity index is 1490. The van der Waals surface area contributed by atoms with E-state index in [9.17, 15) is 4.39 Å². The maximum absolute atomic E-state index is 15.5. The minimum Gasteiger partial charge on any atom is -0.463 e. The molecule has 2 atom stereocenters. The van der Waals surface area contributed by atoms with Crippen molar-refractivity contribution < 1.29 is 18.3 Å². The Morgan fingerprint density at radius 2 is 1.74 bits per heavy atom. The van der Waals surface area contributed by atoms with E-state index < -0.39 is 11.6 Å². The summed E-state index contributed by atoms with van der Waals surface area (Å²) in [6.07, 6.45) is 6.64.